The van der Waals surface area contributed by atoms with Crippen molar-refractivity contribution in [2.24, 2.45) is 22.9 Å². The van der Waals surface area contributed by atoms with Crippen molar-refractivity contribution in [2.45, 2.75) is 7.43 Å². The SMILES string of the molecule is C.N.N.N[C-]=CN.N[CH-]CN.[Y].[Y]. The fourth-order valence-corrected chi connectivity index (χ4v) is 0. The van der Waals surface area contributed by atoms with E-state index in [0.29, 0.717) is 6.54 Å². The maximum absolute atomic E-state index is 4.85. The predicted octanol–water partition coefficient (Wildman–Crippen LogP) is -0.801. The van der Waals surface area contributed by atoms with Gasteiger partial charge in [0.15, 0.2) is 0 Å². The van der Waals surface area contributed by atoms with Gasteiger partial charge in [-0.3, -0.25) is 6.54 Å². The van der Waals surface area contributed by atoms with E-state index in [0.717, 1.165) is 6.20 Å². The molecule has 0 aromatic carbocycles. The summed E-state index contributed by atoms with van der Waals surface area (Å²) in [5.41, 5.74) is 18.9. The molecule has 0 aromatic rings. The Morgan fingerprint density at radius 1 is 1.23 bits per heavy atom. The number of hydrogen-bond donors (Lipinski definition) is 6. The van der Waals surface area contributed by atoms with Crippen LogP contribution in [0.25, 0.3) is 0 Å². The first-order valence-corrected chi connectivity index (χ1v) is 2.06. The van der Waals surface area contributed by atoms with Crippen LogP contribution >= 0.6 is 0 Å². The molecule has 0 atom stereocenters. The van der Waals surface area contributed by atoms with Gasteiger partial charge in [-0.1, -0.05) is 7.43 Å². The topological polar surface area (TPSA) is 174 Å². The maximum Gasteiger partial charge on any atom is 0 e. The Kier molecular flexibility index (Phi) is 257. The molecule has 80 valence electrons. The van der Waals surface area contributed by atoms with Crippen molar-refractivity contribution in [2.75, 3.05) is 6.54 Å². The average molecular weight is 344 g/mol. The van der Waals surface area contributed by atoms with E-state index in [1.165, 1.54) is 6.54 Å². The summed E-state index contributed by atoms with van der Waals surface area (Å²) in [6.45, 7) is 1.88. The van der Waals surface area contributed by atoms with Gasteiger partial charge in [0, 0.05) is 65.4 Å². The summed E-state index contributed by atoms with van der Waals surface area (Å²) < 4.78 is 0. The van der Waals surface area contributed by atoms with Crippen molar-refractivity contribution in [1.82, 2.24) is 12.3 Å². The third kappa shape index (κ3) is 151. The molecule has 0 aromatic heterocycles. The van der Waals surface area contributed by atoms with E-state index in [1.54, 1.807) is 0 Å². The molecule has 0 aliphatic heterocycles. The molecular weight excluding hydrogens is 322 g/mol. The van der Waals surface area contributed by atoms with E-state index >= 15 is 0 Å². The molecule has 0 amide bonds. The summed E-state index contributed by atoms with van der Waals surface area (Å²) in [4.78, 5) is 0. The Morgan fingerprint density at radius 2 is 1.38 bits per heavy atom. The van der Waals surface area contributed by atoms with Crippen LogP contribution in [-0.2, 0) is 65.4 Å². The van der Waals surface area contributed by atoms with Crippen LogP contribution in [0, 0.1) is 12.7 Å². The van der Waals surface area contributed by atoms with Crippen LogP contribution in [0.4, 0.5) is 0 Å². The molecule has 0 saturated heterocycles. The number of nitrogens with two attached hydrogens (primary N) is 4. The van der Waals surface area contributed by atoms with E-state index in [2.05, 4.69) is 17.7 Å². The first kappa shape index (κ1) is 47.2. The molecule has 6 nitrogen and oxygen atoms in total. The first-order chi connectivity index (χ1) is 3.83. The van der Waals surface area contributed by atoms with Crippen LogP contribution in [0.1, 0.15) is 7.43 Å². The minimum atomic E-state index is 0. The van der Waals surface area contributed by atoms with Gasteiger partial charge in [-0.2, -0.15) is 6.20 Å². The molecular formula is C5H22N6Y2-2. The summed E-state index contributed by atoms with van der Waals surface area (Å²) in [7, 11) is 0. The molecule has 2 radical (unpaired) electrons. The second-order valence-corrected chi connectivity index (χ2v) is 0.805. The molecule has 0 fully saturated rings. The minimum absolute atomic E-state index is 0. The Bertz CT molecular complexity index is 48.3. The minimum Gasteiger partial charge on any atom is -0.579 e. The van der Waals surface area contributed by atoms with Crippen molar-refractivity contribution in [1.29, 1.82) is 0 Å². The van der Waals surface area contributed by atoms with Gasteiger partial charge in [-0.25, -0.2) is 0 Å². The molecule has 0 aliphatic carbocycles. The molecule has 0 spiro atoms. The van der Waals surface area contributed by atoms with Gasteiger partial charge >= 0.3 is 0 Å². The molecule has 0 aliphatic rings. The summed E-state index contributed by atoms with van der Waals surface area (Å²) in [5.74, 6) is 0. The van der Waals surface area contributed by atoms with Gasteiger partial charge in [-0.15, -0.1) is 6.54 Å². The molecule has 0 rings (SSSR count). The molecule has 0 unspecified atom stereocenters. The van der Waals surface area contributed by atoms with Crippen LogP contribution in [0.2, 0.25) is 0 Å². The molecule has 0 heterocycles. The summed E-state index contributed by atoms with van der Waals surface area (Å²) in [6.07, 6.45) is 3.24. The van der Waals surface area contributed by atoms with Gasteiger partial charge in [-0.05, 0) is 0 Å². The normalized spacial score (nSPS) is 5.08. The second kappa shape index (κ2) is 70.8. The van der Waals surface area contributed by atoms with Crippen molar-refractivity contribution >= 4 is 0 Å². The Hall–Kier alpha value is 1.39. The summed E-state index contributed by atoms with van der Waals surface area (Å²) in [5, 5.41) is 0. The van der Waals surface area contributed by atoms with Crippen LogP contribution < -0.4 is 35.2 Å². The van der Waals surface area contributed by atoms with E-state index in [-0.39, 0.29) is 85.1 Å². The van der Waals surface area contributed by atoms with Crippen molar-refractivity contribution in [3.05, 3.63) is 18.9 Å². The quantitative estimate of drug-likeness (QED) is 0.268. The fourth-order valence-electron chi connectivity index (χ4n) is 0. The zero-order valence-electron chi connectivity index (χ0n) is 7.24. The van der Waals surface area contributed by atoms with Crippen molar-refractivity contribution < 1.29 is 65.4 Å². The predicted molar refractivity (Wildman–Crippen MR) is 50.5 cm³/mol. The third-order valence-corrected chi connectivity index (χ3v) is 0.232. The Labute approximate surface area is 132 Å². The van der Waals surface area contributed by atoms with Crippen LogP contribution in [-0.4, -0.2) is 6.54 Å². The Balaban J connectivity index is -0.00000000800. The van der Waals surface area contributed by atoms with Crippen LogP contribution in [0.15, 0.2) is 6.20 Å². The van der Waals surface area contributed by atoms with Gasteiger partial charge in [0.25, 0.3) is 0 Å². The monoisotopic (exact) mass is 344 g/mol. The summed E-state index contributed by atoms with van der Waals surface area (Å²) >= 11 is 0. The molecule has 0 saturated carbocycles. The van der Waals surface area contributed by atoms with E-state index < -0.39 is 0 Å². The molecule has 0 bridgehead atoms. The molecule has 8 heteroatoms. The van der Waals surface area contributed by atoms with E-state index in [1.807, 2.05) is 0 Å². The Morgan fingerprint density at radius 3 is 1.38 bits per heavy atom. The first-order valence-electron chi connectivity index (χ1n) is 2.06. The van der Waals surface area contributed by atoms with E-state index in [9.17, 15) is 0 Å². The standard InChI is InChI=1S/C2H7N2.C2H5N2.CH4.2H3N.2Y/c2*3-1-2-4;;;;;/h1H,2-4H2;1H,3-4H2;1H4;2*1H3;;/q2*-1;;;;;. The zero-order chi connectivity index (χ0) is 6.83. The van der Waals surface area contributed by atoms with Crippen LogP contribution in [0.3, 0.4) is 0 Å². The van der Waals surface area contributed by atoms with Crippen molar-refractivity contribution in [3.63, 3.8) is 0 Å². The number of rotatable bonds is 1. The fraction of sp³-hybridized carbons (Fsp3) is 0.400. The molecule has 14 N–H and O–H groups in total. The smallest absolute Gasteiger partial charge is 0 e. The maximum atomic E-state index is 4.85. The van der Waals surface area contributed by atoms with Crippen LogP contribution in [0.5, 0.6) is 0 Å². The van der Waals surface area contributed by atoms with E-state index in [4.69, 9.17) is 11.5 Å². The molecule has 13 heavy (non-hydrogen) atoms. The van der Waals surface area contributed by atoms with Gasteiger partial charge in [0.2, 0.25) is 0 Å². The van der Waals surface area contributed by atoms with Gasteiger partial charge in [0.05, 0.1) is 0 Å². The zero-order valence-corrected chi connectivity index (χ0v) is 12.9. The summed E-state index contributed by atoms with van der Waals surface area (Å²) in [6, 6.07) is 0. The largest absolute Gasteiger partial charge is 0.579 e. The van der Waals surface area contributed by atoms with Gasteiger partial charge in [0.1, 0.15) is 0 Å². The van der Waals surface area contributed by atoms with Gasteiger partial charge < -0.3 is 41.4 Å². The van der Waals surface area contributed by atoms with Crippen molar-refractivity contribution in [3.8, 4) is 0 Å². The second-order valence-electron chi connectivity index (χ2n) is 0.805. The average Bonchev–Trinajstić information content (AvgIpc) is 1.88. The number of hydrogen-bond acceptors (Lipinski definition) is 6. The third-order valence-electron chi connectivity index (χ3n) is 0.232.